The summed E-state index contributed by atoms with van der Waals surface area (Å²) in [5, 5.41) is 13.9. The molecular weight excluding hydrogens is 549 g/mol. The SMILES string of the molecule is CS(=O)(=O)CC(=O)Nc1c2c(nn1CCC1CC1)C[C@]1(CCc3cc(-c4cnn(C(F)(F)F)c4)ccc31)NC2=O. The summed E-state index contributed by atoms with van der Waals surface area (Å²) in [5.74, 6) is -1.10. The summed E-state index contributed by atoms with van der Waals surface area (Å²) in [6, 6.07) is 5.37. The summed E-state index contributed by atoms with van der Waals surface area (Å²) in [4.78, 5) is 26.0. The molecule has 2 amide bonds. The topological polar surface area (TPSA) is 128 Å². The van der Waals surface area contributed by atoms with Gasteiger partial charge in [-0.05, 0) is 41.9 Å². The molecule has 0 radical (unpaired) electrons. The number of rotatable bonds is 7. The lowest BCUT2D eigenvalue weighted by molar-refractivity contribution is -0.212. The molecule has 2 aliphatic carbocycles. The van der Waals surface area contributed by atoms with Crippen LogP contribution in [0.25, 0.3) is 11.1 Å². The Hall–Kier alpha value is -3.68. The monoisotopic (exact) mass is 576 g/mol. The Morgan fingerprint density at radius 1 is 1.25 bits per heavy atom. The van der Waals surface area contributed by atoms with Gasteiger partial charge in [-0.1, -0.05) is 31.0 Å². The van der Waals surface area contributed by atoms with Crippen LogP contribution >= 0.6 is 0 Å². The zero-order valence-electron chi connectivity index (χ0n) is 21.6. The average molecular weight is 577 g/mol. The van der Waals surface area contributed by atoms with Gasteiger partial charge in [-0.15, -0.1) is 13.2 Å². The molecule has 1 aromatic carbocycles. The van der Waals surface area contributed by atoms with Gasteiger partial charge in [-0.2, -0.15) is 14.9 Å². The van der Waals surface area contributed by atoms with Gasteiger partial charge in [0.2, 0.25) is 5.91 Å². The van der Waals surface area contributed by atoms with Gasteiger partial charge in [0, 0.05) is 31.0 Å². The number of carbonyl (C=O) groups is 2. The summed E-state index contributed by atoms with van der Waals surface area (Å²) in [6.45, 7) is 0.484. The van der Waals surface area contributed by atoms with Crippen molar-refractivity contribution in [3.63, 3.8) is 0 Å². The molecule has 0 saturated heterocycles. The second-order valence-electron chi connectivity index (χ2n) is 11.0. The molecule has 3 aromatic rings. The number of fused-ring (bicyclic) bond motifs is 3. The van der Waals surface area contributed by atoms with Crippen molar-refractivity contribution >= 4 is 27.5 Å². The molecule has 2 aromatic heterocycles. The van der Waals surface area contributed by atoms with Gasteiger partial charge < -0.3 is 10.6 Å². The van der Waals surface area contributed by atoms with E-state index in [0.29, 0.717) is 48.5 Å². The normalized spacial score (nSPS) is 20.4. The van der Waals surface area contributed by atoms with Gasteiger partial charge in [0.05, 0.1) is 17.4 Å². The number of nitrogens with one attached hydrogen (secondary N) is 2. The van der Waals surface area contributed by atoms with Crippen LogP contribution < -0.4 is 10.6 Å². The highest BCUT2D eigenvalue weighted by Crippen LogP contribution is 2.44. The molecule has 3 aliphatic rings. The van der Waals surface area contributed by atoms with E-state index in [1.807, 2.05) is 12.1 Å². The Balaban J connectivity index is 1.31. The van der Waals surface area contributed by atoms with E-state index in [4.69, 9.17) is 5.10 Å². The third kappa shape index (κ3) is 5.00. The lowest BCUT2D eigenvalue weighted by Gasteiger charge is -2.35. The van der Waals surface area contributed by atoms with Crippen LogP contribution in [-0.2, 0) is 45.9 Å². The summed E-state index contributed by atoms with van der Waals surface area (Å²) in [5.41, 5.74) is 2.70. The van der Waals surface area contributed by atoms with Gasteiger partial charge in [0.25, 0.3) is 5.91 Å². The number of anilines is 1. The van der Waals surface area contributed by atoms with Gasteiger partial charge in [-0.3, -0.25) is 9.59 Å². The van der Waals surface area contributed by atoms with Crippen LogP contribution in [0.3, 0.4) is 0 Å². The summed E-state index contributed by atoms with van der Waals surface area (Å²) < 4.78 is 63.9. The van der Waals surface area contributed by atoms with Gasteiger partial charge in [0.1, 0.15) is 17.1 Å². The largest absolute Gasteiger partial charge is 0.504 e. The molecule has 212 valence electrons. The van der Waals surface area contributed by atoms with Gasteiger partial charge in [0.15, 0.2) is 9.84 Å². The zero-order chi connectivity index (χ0) is 28.4. The van der Waals surface area contributed by atoms with E-state index in [0.717, 1.165) is 42.8 Å². The third-order valence-corrected chi connectivity index (χ3v) is 8.58. The van der Waals surface area contributed by atoms with Gasteiger partial charge in [-0.25, -0.2) is 13.1 Å². The minimum atomic E-state index is -4.60. The quantitative estimate of drug-likeness (QED) is 0.445. The van der Waals surface area contributed by atoms with Gasteiger partial charge >= 0.3 is 6.30 Å². The third-order valence-electron chi connectivity index (χ3n) is 7.79. The van der Waals surface area contributed by atoms with E-state index in [1.165, 1.54) is 6.20 Å². The minimum absolute atomic E-state index is 0.0359. The second kappa shape index (κ2) is 9.18. The van der Waals surface area contributed by atoms with Crippen LogP contribution in [0.15, 0.2) is 30.6 Å². The van der Waals surface area contributed by atoms with Crippen molar-refractivity contribution in [2.45, 2.75) is 56.9 Å². The maximum atomic E-state index is 13.5. The first-order valence-electron chi connectivity index (χ1n) is 13.0. The van der Waals surface area contributed by atoms with Crippen molar-refractivity contribution < 1.29 is 31.2 Å². The second-order valence-corrected chi connectivity index (χ2v) is 13.1. The molecule has 1 fully saturated rings. The van der Waals surface area contributed by atoms with E-state index >= 15 is 0 Å². The van der Waals surface area contributed by atoms with Crippen LogP contribution in [0.1, 0.15) is 52.9 Å². The predicted octanol–water partition coefficient (Wildman–Crippen LogP) is 3.13. The van der Waals surface area contributed by atoms with Crippen LogP contribution in [0.4, 0.5) is 19.0 Å². The Labute approximate surface area is 227 Å². The summed E-state index contributed by atoms with van der Waals surface area (Å²) in [7, 11) is -3.57. The smallest absolute Gasteiger partial charge is 0.342 e. The number of aromatic nitrogens is 4. The van der Waals surface area contributed by atoms with Crippen LogP contribution in [0, 0.1) is 5.92 Å². The molecule has 1 aliphatic heterocycles. The molecule has 0 bridgehead atoms. The molecular formula is C26H27F3N6O4S. The molecule has 6 rings (SSSR count). The number of nitrogens with zero attached hydrogens (tertiary/aromatic N) is 4. The maximum absolute atomic E-state index is 13.5. The molecule has 1 spiro atoms. The first-order valence-corrected chi connectivity index (χ1v) is 15.0. The summed E-state index contributed by atoms with van der Waals surface area (Å²) in [6.07, 6.45) is 3.08. The summed E-state index contributed by atoms with van der Waals surface area (Å²) >= 11 is 0. The first-order chi connectivity index (χ1) is 18.8. The van der Waals surface area contributed by atoms with E-state index in [2.05, 4.69) is 15.7 Å². The fraction of sp³-hybridized carbons (Fsp3) is 0.462. The van der Waals surface area contributed by atoms with Crippen molar-refractivity contribution in [2.75, 3.05) is 17.3 Å². The van der Waals surface area contributed by atoms with Crippen molar-refractivity contribution in [3.05, 3.63) is 53.0 Å². The lowest BCUT2D eigenvalue weighted by atomic mass is 9.82. The number of carbonyl (C=O) groups excluding carboxylic acids is 2. The van der Waals surface area contributed by atoms with E-state index in [-0.39, 0.29) is 16.1 Å². The molecule has 3 heterocycles. The number of amides is 2. The molecule has 1 saturated carbocycles. The molecule has 0 unspecified atom stereocenters. The van der Waals surface area contributed by atoms with Crippen molar-refractivity contribution in [1.29, 1.82) is 0 Å². The molecule has 10 nitrogen and oxygen atoms in total. The van der Waals surface area contributed by atoms with Crippen LogP contribution in [-0.4, -0.2) is 51.8 Å². The first kappa shape index (κ1) is 26.5. The number of benzene rings is 1. The molecule has 2 N–H and O–H groups in total. The van der Waals surface area contributed by atoms with Crippen molar-refractivity contribution in [1.82, 2.24) is 24.9 Å². The minimum Gasteiger partial charge on any atom is -0.342 e. The fourth-order valence-electron chi connectivity index (χ4n) is 5.74. The van der Waals surface area contributed by atoms with Crippen molar-refractivity contribution in [2.24, 2.45) is 5.92 Å². The highest BCUT2D eigenvalue weighted by Gasteiger charge is 2.46. The molecule has 40 heavy (non-hydrogen) atoms. The Morgan fingerprint density at radius 2 is 2.02 bits per heavy atom. The lowest BCUT2D eigenvalue weighted by Crippen LogP contribution is -2.49. The standard InChI is InChI=1S/C26H27F3N6O4S/c1-40(38,39)14-21(36)31-23-22-20(33-34(23)9-7-15-2-3-15)11-25(32-24(22)37)8-6-17-10-16(4-5-19(17)25)18-12-30-35(13-18)26(27,28)29/h4-5,10,12-13,15H,2-3,6-9,11,14H2,1H3,(H,31,36)(H,32,37)/t25-/m0/s1. The molecule has 1 atom stereocenters. The number of aryl methyl sites for hydroxylation is 2. The number of halogens is 3. The number of alkyl halides is 3. The highest BCUT2D eigenvalue weighted by atomic mass is 32.2. The van der Waals surface area contributed by atoms with E-state index in [9.17, 15) is 31.2 Å². The Morgan fingerprint density at radius 3 is 2.70 bits per heavy atom. The number of sulfone groups is 1. The van der Waals surface area contributed by atoms with Crippen molar-refractivity contribution in [3.8, 4) is 11.1 Å². The molecule has 14 heteroatoms. The van der Waals surface area contributed by atoms with E-state index < -0.39 is 39.2 Å². The van der Waals surface area contributed by atoms with Crippen LogP contribution in [0.2, 0.25) is 0 Å². The predicted molar refractivity (Wildman–Crippen MR) is 138 cm³/mol. The fourth-order valence-corrected chi connectivity index (χ4v) is 6.29. The highest BCUT2D eigenvalue weighted by molar-refractivity contribution is 7.91. The van der Waals surface area contributed by atoms with Crippen LogP contribution in [0.5, 0.6) is 0 Å². The maximum Gasteiger partial charge on any atom is 0.504 e. The number of hydrogen-bond acceptors (Lipinski definition) is 6. The zero-order valence-corrected chi connectivity index (χ0v) is 22.4. The Bertz CT molecular complexity index is 1640. The number of hydrogen-bond donors (Lipinski definition) is 2. The average Bonchev–Trinajstić information content (AvgIpc) is 3.26. The van der Waals surface area contributed by atoms with E-state index in [1.54, 1.807) is 10.7 Å². The Kier molecular flexibility index (Phi) is 6.09.